The van der Waals surface area contributed by atoms with Crippen molar-refractivity contribution >= 4 is 17.5 Å². The maximum atomic E-state index is 12.2. The molecule has 0 aliphatic carbocycles. The van der Waals surface area contributed by atoms with E-state index in [4.69, 9.17) is 9.26 Å². The second kappa shape index (κ2) is 7.92. The number of aromatic nitrogens is 4. The molecule has 1 aliphatic heterocycles. The van der Waals surface area contributed by atoms with Crippen molar-refractivity contribution in [3.05, 3.63) is 60.0 Å². The maximum Gasteiger partial charge on any atom is 0.255 e. The molecule has 3 heterocycles. The quantitative estimate of drug-likeness (QED) is 0.683. The predicted octanol–water partition coefficient (Wildman–Crippen LogP) is 2.38. The third-order valence-electron chi connectivity index (χ3n) is 4.04. The van der Waals surface area contributed by atoms with E-state index in [-0.39, 0.29) is 18.6 Å². The minimum absolute atomic E-state index is 0.139. The molecule has 1 aromatic carbocycles. The van der Waals surface area contributed by atoms with Gasteiger partial charge in [-0.05, 0) is 25.0 Å². The van der Waals surface area contributed by atoms with Gasteiger partial charge in [-0.25, -0.2) is 9.97 Å². The fraction of sp³-hybridized carbons (Fsp3) is 0.278. The molecule has 1 aliphatic rings. The summed E-state index contributed by atoms with van der Waals surface area (Å²) in [6, 6.07) is 9.55. The number of ether oxygens (including phenoxy) is 1. The lowest BCUT2D eigenvalue weighted by Crippen LogP contribution is -2.23. The lowest BCUT2D eigenvalue weighted by atomic mass is 10.2. The molecule has 9 heteroatoms. The Kier molecular flexibility index (Phi) is 5.01. The van der Waals surface area contributed by atoms with Gasteiger partial charge in [0.15, 0.2) is 5.82 Å². The molecular weight excluding hydrogens is 348 g/mol. The highest BCUT2D eigenvalue weighted by atomic mass is 16.5. The number of nitrogens with zero attached hydrogens (tertiary/aromatic N) is 4. The largest absolute Gasteiger partial charge is 0.368 e. The highest BCUT2D eigenvalue weighted by Gasteiger charge is 2.23. The number of para-hydroxylation sites is 1. The summed E-state index contributed by atoms with van der Waals surface area (Å²) in [5.74, 6) is 0.954. The van der Waals surface area contributed by atoms with E-state index in [0.29, 0.717) is 29.8 Å². The molecule has 1 atom stereocenters. The fourth-order valence-electron chi connectivity index (χ4n) is 2.66. The number of nitrogens with one attached hydrogen (secondary N) is 2. The summed E-state index contributed by atoms with van der Waals surface area (Å²) in [5.41, 5.74) is 1.21. The molecule has 27 heavy (non-hydrogen) atoms. The molecule has 138 valence electrons. The summed E-state index contributed by atoms with van der Waals surface area (Å²) in [6.45, 7) is 0.854. The Balaban J connectivity index is 1.31. The van der Waals surface area contributed by atoms with Gasteiger partial charge in [-0.2, -0.15) is 4.98 Å². The molecule has 2 N–H and O–H groups in total. The van der Waals surface area contributed by atoms with Crippen LogP contribution in [-0.4, -0.2) is 32.6 Å². The summed E-state index contributed by atoms with van der Waals surface area (Å²) in [6.07, 6.45) is 4.63. The van der Waals surface area contributed by atoms with Gasteiger partial charge in [0.1, 0.15) is 6.10 Å². The van der Waals surface area contributed by atoms with Crippen LogP contribution in [0.15, 0.2) is 47.2 Å². The summed E-state index contributed by atoms with van der Waals surface area (Å²) in [5, 5.41) is 9.65. The molecular formula is C18H18N6O3. The zero-order valence-electron chi connectivity index (χ0n) is 14.5. The zero-order valence-corrected chi connectivity index (χ0v) is 14.5. The van der Waals surface area contributed by atoms with Crippen LogP contribution in [0.4, 0.5) is 11.6 Å². The van der Waals surface area contributed by atoms with E-state index in [2.05, 4.69) is 30.7 Å². The highest BCUT2D eigenvalue weighted by molar-refractivity contribution is 5.93. The first-order valence-corrected chi connectivity index (χ1v) is 8.64. The van der Waals surface area contributed by atoms with Gasteiger partial charge in [0, 0.05) is 24.7 Å². The van der Waals surface area contributed by atoms with E-state index in [0.717, 1.165) is 18.5 Å². The molecule has 0 radical (unpaired) electrons. The highest BCUT2D eigenvalue weighted by Crippen LogP contribution is 2.26. The second-order valence-electron chi connectivity index (χ2n) is 6.02. The van der Waals surface area contributed by atoms with Gasteiger partial charge < -0.3 is 19.9 Å². The minimum Gasteiger partial charge on any atom is -0.368 e. The molecule has 3 aromatic rings. The van der Waals surface area contributed by atoms with Gasteiger partial charge in [-0.1, -0.05) is 23.4 Å². The van der Waals surface area contributed by atoms with Crippen molar-refractivity contribution < 1.29 is 14.1 Å². The van der Waals surface area contributed by atoms with Crippen molar-refractivity contribution in [2.45, 2.75) is 25.5 Å². The van der Waals surface area contributed by atoms with Crippen molar-refractivity contribution in [2.75, 3.05) is 11.9 Å². The Labute approximate surface area is 155 Å². The fourth-order valence-corrected chi connectivity index (χ4v) is 2.66. The summed E-state index contributed by atoms with van der Waals surface area (Å²) in [7, 11) is 0. The van der Waals surface area contributed by atoms with Crippen molar-refractivity contribution in [3.8, 4) is 0 Å². The molecule has 1 amide bonds. The Bertz CT molecular complexity index is 891. The lowest BCUT2D eigenvalue weighted by molar-refractivity contribution is 0.0835. The van der Waals surface area contributed by atoms with Gasteiger partial charge >= 0.3 is 0 Å². The predicted molar refractivity (Wildman–Crippen MR) is 95.2 cm³/mol. The van der Waals surface area contributed by atoms with Crippen LogP contribution in [0.5, 0.6) is 0 Å². The van der Waals surface area contributed by atoms with E-state index in [1.165, 1.54) is 12.4 Å². The Hall–Kier alpha value is -3.33. The number of amides is 1. The number of rotatable bonds is 6. The summed E-state index contributed by atoms with van der Waals surface area (Å²) >= 11 is 0. The molecule has 2 aromatic heterocycles. The van der Waals surface area contributed by atoms with Gasteiger partial charge in [0.2, 0.25) is 5.95 Å². The lowest BCUT2D eigenvalue weighted by Gasteiger charge is -2.05. The van der Waals surface area contributed by atoms with Crippen LogP contribution in [0.3, 0.4) is 0 Å². The van der Waals surface area contributed by atoms with Crippen LogP contribution >= 0.6 is 0 Å². The zero-order chi connectivity index (χ0) is 18.5. The SMILES string of the molecule is O=C(NCc1noc([C@@H]2CCCO2)n1)c1cnc(Nc2ccccc2)nc1. The van der Waals surface area contributed by atoms with Crippen LogP contribution in [0, 0.1) is 0 Å². The molecule has 0 bridgehead atoms. The number of carbonyl (C=O) groups is 1. The smallest absolute Gasteiger partial charge is 0.255 e. The number of anilines is 2. The summed E-state index contributed by atoms with van der Waals surface area (Å²) in [4.78, 5) is 24.8. The van der Waals surface area contributed by atoms with Crippen LogP contribution in [0.25, 0.3) is 0 Å². The van der Waals surface area contributed by atoms with Crippen LogP contribution in [0.1, 0.15) is 41.0 Å². The summed E-state index contributed by atoms with van der Waals surface area (Å²) < 4.78 is 10.7. The van der Waals surface area contributed by atoms with Crippen LogP contribution in [-0.2, 0) is 11.3 Å². The maximum absolute atomic E-state index is 12.2. The average molecular weight is 366 g/mol. The van der Waals surface area contributed by atoms with Crippen LogP contribution < -0.4 is 10.6 Å². The van der Waals surface area contributed by atoms with E-state index in [1.54, 1.807) is 0 Å². The first-order chi connectivity index (χ1) is 13.3. The van der Waals surface area contributed by atoms with E-state index >= 15 is 0 Å². The standard InChI is InChI=1S/C18H18N6O3/c25-16(19-11-15-23-17(27-24-15)14-7-4-8-26-14)12-9-20-18(21-10-12)22-13-5-2-1-3-6-13/h1-3,5-6,9-10,14H,4,7-8,11H2,(H,19,25)(H,20,21,22)/t14-/m0/s1. The Morgan fingerprint density at radius 3 is 2.74 bits per heavy atom. The average Bonchev–Trinajstić information content (AvgIpc) is 3.39. The first kappa shape index (κ1) is 17.1. The molecule has 4 rings (SSSR count). The molecule has 0 unspecified atom stereocenters. The van der Waals surface area contributed by atoms with Crippen LogP contribution in [0.2, 0.25) is 0 Å². The van der Waals surface area contributed by atoms with E-state index in [1.807, 2.05) is 30.3 Å². The molecule has 9 nitrogen and oxygen atoms in total. The van der Waals surface area contributed by atoms with Crippen molar-refractivity contribution in [2.24, 2.45) is 0 Å². The normalized spacial score (nSPS) is 16.2. The number of benzene rings is 1. The van der Waals surface area contributed by atoms with E-state index in [9.17, 15) is 4.79 Å². The Morgan fingerprint density at radius 2 is 2.00 bits per heavy atom. The minimum atomic E-state index is -0.315. The van der Waals surface area contributed by atoms with Crippen molar-refractivity contribution in [1.82, 2.24) is 25.4 Å². The van der Waals surface area contributed by atoms with Gasteiger partial charge in [0.05, 0.1) is 12.1 Å². The van der Waals surface area contributed by atoms with Crippen molar-refractivity contribution in [3.63, 3.8) is 0 Å². The monoisotopic (exact) mass is 366 g/mol. The van der Waals surface area contributed by atoms with E-state index < -0.39 is 0 Å². The number of hydrogen-bond acceptors (Lipinski definition) is 8. The van der Waals surface area contributed by atoms with Crippen molar-refractivity contribution in [1.29, 1.82) is 0 Å². The first-order valence-electron chi connectivity index (χ1n) is 8.64. The van der Waals surface area contributed by atoms with Gasteiger partial charge in [0.25, 0.3) is 11.8 Å². The topological polar surface area (TPSA) is 115 Å². The molecule has 1 saturated heterocycles. The number of carbonyl (C=O) groups excluding carboxylic acids is 1. The second-order valence-corrected chi connectivity index (χ2v) is 6.02. The molecule has 0 saturated carbocycles. The van der Waals surface area contributed by atoms with Gasteiger partial charge in [-0.3, -0.25) is 4.79 Å². The third-order valence-corrected chi connectivity index (χ3v) is 4.04. The number of hydrogen-bond donors (Lipinski definition) is 2. The van der Waals surface area contributed by atoms with Gasteiger partial charge in [-0.15, -0.1) is 0 Å². The third kappa shape index (κ3) is 4.26. The molecule has 1 fully saturated rings. The molecule has 0 spiro atoms. The Morgan fingerprint density at radius 1 is 1.19 bits per heavy atom.